The number of halogens is 2. The second kappa shape index (κ2) is 10.2. The molecular weight excluding hydrogens is 477 g/mol. The highest BCUT2D eigenvalue weighted by atomic mass is 35.5. The predicted octanol–water partition coefficient (Wildman–Crippen LogP) is 6.46. The third-order valence-corrected chi connectivity index (χ3v) is 6.41. The van der Waals surface area contributed by atoms with Crippen LogP contribution in [0.25, 0.3) is 21.8 Å². The minimum atomic E-state index is -0.449. The molecule has 0 atom stereocenters. The van der Waals surface area contributed by atoms with Gasteiger partial charge in [0, 0.05) is 26.7 Å². The van der Waals surface area contributed by atoms with Crippen molar-refractivity contribution in [3.05, 3.63) is 93.3 Å². The maximum absolute atomic E-state index is 12.3. The van der Waals surface area contributed by atoms with E-state index in [1.54, 1.807) is 17.4 Å². The highest BCUT2D eigenvalue weighted by Gasteiger charge is 2.13. The molecule has 2 amide bonds. The molecule has 0 fully saturated rings. The Labute approximate surface area is 205 Å². The number of aromatic nitrogens is 1. The van der Waals surface area contributed by atoms with Gasteiger partial charge in [-0.3, -0.25) is 9.59 Å². The van der Waals surface area contributed by atoms with E-state index < -0.39 is 5.91 Å². The first kappa shape index (κ1) is 23.0. The van der Waals surface area contributed by atoms with Crippen LogP contribution in [0.1, 0.15) is 15.2 Å². The summed E-state index contributed by atoms with van der Waals surface area (Å²) in [6, 6.07) is 22.1. The molecule has 3 aromatic carbocycles. The summed E-state index contributed by atoms with van der Waals surface area (Å²) < 4.78 is 0. The van der Waals surface area contributed by atoms with Crippen molar-refractivity contribution in [2.24, 2.45) is 0 Å². The van der Waals surface area contributed by atoms with E-state index >= 15 is 0 Å². The molecule has 33 heavy (non-hydrogen) atoms. The summed E-state index contributed by atoms with van der Waals surface area (Å²) in [5.74, 6) is -0.798. The Morgan fingerprint density at radius 1 is 0.939 bits per heavy atom. The highest BCUT2D eigenvalue weighted by Crippen LogP contribution is 2.33. The number of nitrogens with zero attached hydrogens (tertiary/aromatic N) is 1. The number of amides is 2. The van der Waals surface area contributed by atoms with Crippen molar-refractivity contribution >= 4 is 52.0 Å². The highest BCUT2D eigenvalue weighted by molar-refractivity contribution is 7.15. The summed E-state index contributed by atoms with van der Waals surface area (Å²) in [5.41, 5.74) is 3.85. The number of hydrogen-bond acceptors (Lipinski definition) is 4. The lowest BCUT2D eigenvalue weighted by Gasteiger charge is -2.09. The van der Waals surface area contributed by atoms with Gasteiger partial charge in [-0.05, 0) is 37.3 Å². The summed E-state index contributed by atoms with van der Waals surface area (Å²) in [6.07, 6.45) is 0. The molecule has 1 heterocycles. The topological polar surface area (TPSA) is 71.1 Å². The maximum Gasteiger partial charge on any atom is 0.253 e. The number of carbonyl (C=O) groups is 2. The van der Waals surface area contributed by atoms with Crippen molar-refractivity contribution < 1.29 is 9.59 Å². The normalized spacial score (nSPS) is 10.6. The first-order valence-electron chi connectivity index (χ1n) is 10.1. The van der Waals surface area contributed by atoms with Gasteiger partial charge in [0.25, 0.3) is 5.91 Å². The SMILES string of the molecule is Cc1sc(-c2ccccc2)nc1-c1ccc(NC(=O)CNC(=O)c2ccc(Cl)cc2Cl)cc1. The van der Waals surface area contributed by atoms with Gasteiger partial charge >= 0.3 is 0 Å². The van der Waals surface area contributed by atoms with E-state index in [4.69, 9.17) is 28.2 Å². The van der Waals surface area contributed by atoms with Gasteiger partial charge in [-0.15, -0.1) is 11.3 Å². The Balaban J connectivity index is 1.37. The zero-order valence-electron chi connectivity index (χ0n) is 17.6. The Morgan fingerprint density at radius 3 is 2.36 bits per heavy atom. The Hall–Kier alpha value is -3.19. The average molecular weight is 496 g/mol. The maximum atomic E-state index is 12.3. The van der Waals surface area contributed by atoms with Gasteiger partial charge in [-0.25, -0.2) is 4.98 Å². The first-order valence-corrected chi connectivity index (χ1v) is 11.6. The van der Waals surface area contributed by atoms with Gasteiger partial charge in [-0.2, -0.15) is 0 Å². The number of aryl methyl sites for hydroxylation is 1. The molecule has 5 nitrogen and oxygen atoms in total. The molecule has 0 saturated heterocycles. The fourth-order valence-electron chi connectivity index (χ4n) is 3.21. The van der Waals surface area contributed by atoms with E-state index in [0.717, 1.165) is 26.7 Å². The lowest BCUT2D eigenvalue weighted by Crippen LogP contribution is -2.33. The fourth-order valence-corrected chi connectivity index (χ4v) is 4.65. The summed E-state index contributed by atoms with van der Waals surface area (Å²) in [7, 11) is 0. The molecule has 0 aliphatic heterocycles. The number of carbonyl (C=O) groups excluding carboxylic acids is 2. The minimum absolute atomic E-state index is 0.189. The Kier molecular flexibility index (Phi) is 7.08. The average Bonchev–Trinajstić information content (AvgIpc) is 3.20. The van der Waals surface area contributed by atoms with Gasteiger partial charge < -0.3 is 10.6 Å². The largest absolute Gasteiger partial charge is 0.343 e. The second-order valence-corrected chi connectivity index (χ2v) is 9.27. The lowest BCUT2D eigenvalue weighted by atomic mass is 10.1. The Bertz CT molecular complexity index is 1310. The fraction of sp³-hybridized carbons (Fsp3) is 0.0800. The Morgan fingerprint density at radius 2 is 1.67 bits per heavy atom. The standard InChI is InChI=1S/C25H19Cl2N3O2S/c1-15-23(30-25(33-15)17-5-3-2-4-6-17)16-7-10-19(11-8-16)29-22(31)14-28-24(32)20-12-9-18(26)13-21(20)27/h2-13H,14H2,1H3,(H,28,32)(H,29,31). The molecule has 8 heteroatoms. The molecule has 0 spiro atoms. The number of anilines is 1. The van der Waals surface area contributed by atoms with Gasteiger partial charge in [0.2, 0.25) is 5.91 Å². The molecule has 0 bridgehead atoms. The van der Waals surface area contributed by atoms with E-state index in [-0.39, 0.29) is 23.0 Å². The molecule has 4 aromatic rings. The molecule has 0 aliphatic rings. The van der Waals surface area contributed by atoms with Crippen molar-refractivity contribution in [2.45, 2.75) is 6.92 Å². The van der Waals surface area contributed by atoms with Crippen molar-refractivity contribution in [3.63, 3.8) is 0 Å². The van der Waals surface area contributed by atoms with Crippen LogP contribution in [0.4, 0.5) is 5.69 Å². The molecule has 1 aromatic heterocycles. The smallest absolute Gasteiger partial charge is 0.253 e. The molecule has 0 unspecified atom stereocenters. The van der Waals surface area contributed by atoms with E-state index in [0.29, 0.717) is 10.7 Å². The van der Waals surface area contributed by atoms with E-state index in [1.807, 2.05) is 61.5 Å². The van der Waals surface area contributed by atoms with Gasteiger partial charge in [0.15, 0.2) is 0 Å². The zero-order valence-corrected chi connectivity index (χ0v) is 19.9. The summed E-state index contributed by atoms with van der Waals surface area (Å²) in [4.78, 5) is 30.4. The predicted molar refractivity (Wildman–Crippen MR) is 135 cm³/mol. The quantitative estimate of drug-likeness (QED) is 0.322. The summed E-state index contributed by atoms with van der Waals surface area (Å²) in [5, 5.41) is 6.95. The molecule has 166 valence electrons. The van der Waals surface area contributed by atoms with Crippen LogP contribution in [0.3, 0.4) is 0 Å². The van der Waals surface area contributed by atoms with Gasteiger partial charge in [0.1, 0.15) is 5.01 Å². The van der Waals surface area contributed by atoms with Crippen LogP contribution in [0.5, 0.6) is 0 Å². The molecule has 4 rings (SSSR count). The van der Waals surface area contributed by atoms with Crippen LogP contribution in [0.15, 0.2) is 72.8 Å². The number of hydrogen-bond donors (Lipinski definition) is 2. The van der Waals surface area contributed by atoms with Crippen LogP contribution in [0, 0.1) is 6.92 Å². The monoisotopic (exact) mass is 495 g/mol. The van der Waals surface area contributed by atoms with Crippen LogP contribution in [-0.4, -0.2) is 23.3 Å². The zero-order chi connectivity index (χ0) is 23.4. The van der Waals surface area contributed by atoms with Gasteiger partial charge in [0.05, 0.1) is 22.8 Å². The summed E-state index contributed by atoms with van der Waals surface area (Å²) >= 11 is 13.5. The summed E-state index contributed by atoms with van der Waals surface area (Å²) in [6.45, 7) is 1.86. The first-order chi connectivity index (χ1) is 15.9. The van der Waals surface area contributed by atoms with Crippen molar-refractivity contribution in [1.82, 2.24) is 10.3 Å². The number of benzene rings is 3. The van der Waals surface area contributed by atoms with Crippen LogP contribution in [0.2, 0.25) is 10.0 Å². The number of nitrogens with one attached hydrogen (secondary N) is 2. The molecule has 0 saturated carbocycles. The third kappa shape index (κ3) is 5.60. The third-order valence-electron chi connectivity index (χ3n) is 4.84. The van der Waals surface area contributed by atoms with E-state index in [2.05, 4.69) is 10.6 Å². The van der Waals surface area contributed by atoms with E-state index in [9.17, 15) is 9.59 Å². The van der Waals surface area contributed by atoms with E-state index in [1.165, 1.54) is 12.1 Å². The van der Waals surface area contributed by atoms with Crippen LogP contribution < -0.4 is 10.6 Å². The second-order valence-electron chi connectivity index (χ2n) is 7.22. The lowest BCUT2D eigenvalue weighted by molar-refractivity contribution is -0.115. The number of rotatable bonds is 6. The van der Waals surface area contributed by atoms with Crippen molar-refractivity contribution in [1.29, 1.82) is 0 Å². The molecule has 2 N–H and O–H groups in total. The minimum Gasteiger partial charge on any atom is -0.343 e. The number of thiazole rings is 1. The van der Waals surface area contributed by atoms with Crippen molar-refractivity contribution in [2.75, 3.05) is 11.9 Å². The molecular formula is C25H19Cl2N3O2S. The molecule has 0 radical (unpaired) electrons. The van der Waals surface area contributed by atoms with Crippen LogP contribution >= 0.6 is 34.5 Å². The van der Waals surface area contributed by atoms with Crippen LogP contribution in [-0.2, 0) is 4.79 Å². The van der Waals surface area contributed by atoms with Gasteiger partial charge in [-0.1, -0.05) is 65.7 Å². The molecule has 0 aliphatic carbocycles. The van der Waals surface area contributed by atoms with Crippen molar-refractivity contribution in [3.8, 4) is 21.8 Å².